The Morgan fingerprint density at radius 2 is 1.94 bits per heavy atom. The number of hydrogen-bond acceptors (Lipinski definition) is 5. The van der Waals surface area contributed by atoms with E-state index in [0.29, 0.717) is 23.3 Å². The van der Waals surface area contributed by atoms with E-state index in [1.807, 2.05) is 42.5 Å². The predicted molar refractivity (Wildman–Crippen MR) is 130 cm³/mol. The number of pyridine rings is 1. The quantitative estimate of drug-likeness (QED) is 0.402. The lowest BCUT2D eigenvalue weighted by Gasteiger charge is -2.23. The van der Waals surface area contributed by atoms with E-state index < -0.39 is 12.0 Å². The van der Waals surface area contributed by atoms with E-state index >= 15 is 0 Å². The number of hydrogen-bond donors (Lipinski definition) is 1. The number of carbonyl (C=O) groups excluding carboxylic acids is 1. The Kier molecular flexibility index (Phi) is 6.95. The summed E-state index contributed by atoms with van der Waals surface area (Å²) in [7, 11) is 1.59. The van der Waals surface area contributed by atoms with Gasteiger partial charge in [0.05, 0.1) is 24.4 Å². The molecule has 0 spiro atoms. The minimum absolute atomic E-state index is 0.0757. The third-order valence-corrected chi connectivity index (χ3v) is 6.32. The van der Waals surface area contributed by atoms with Gasteiger partial charge in [-0.3, -0.25) is 9.59 Å². The molecule has 1 unspecified atom stereocenters. The molecular formula is C24H21BrClN3O4. The first-order valence-electron chi connectivity index (χ1n) is 10.4. The van der Waals surface area contributed by atoms with Crippen LogP contribution in [-0.4, -0.2) is 39.8 Å². The molecule has 4 rings (SSSR count). The Labute approximate surface area is 204 Å². The topological polar surface area (TPSA) is 92.1 Å². The molecule has 1 amide bonds. The van der Waals surface area contributed by atoms with Gasteiger partial charge in [-0.1, -0.05) is 39.7 Å². The number of carbonyl (C=O) groups is 2. The lowest BCUT2D eigenvalue weighted by molar-refractivity contribution is -0.137. The molecule has 0 saturated heterocycles. The van der Waals surface area contributed by atoms with Crippen LogP contribution in [0.2, 0.25) is 5.15 Å². The Morgan fingerprint density at radius 1 is 1.18 bits per heavy atom. The molecule has 33 heavy (non-hydrogen) atoms. The molecule has 170 valence electrons. The molecule has 0 aliphatic carbocycles. The number of amides is 1. The average Bonchev–Trinajstić information content (AvgIpc) is 3.23. The van der Waals surface area contributed by atoms with Crippen molar-refractivity contribution in [3.05, 3.63) is 69.3 Å². The van der Waals surface area contributed by atoms with Crippen molar-refractivity contribution in [2.75, 3.05) is 7.11 Å². The number of ether oxygens (including phenoxy) is 1. The van der Waals surface area contributed by atoms with Crippen LogP contribution in [0, 0.1) is 0 Å². The number of aliphatic carboxylic acids is 1. The number of fused-ring (bicyclic) bond motifs is 1. The first-order valence-corrected chi connectivity index (χ1v) is 11.5. The zero-order valence-corrected chi connectivity index (χ0v) is 20.1. The Balaban J connectivity index is 1.69. The summed E-state index contributed by atoms with van der Waals surface area (Å²) >= 11 is 10.0. The van der Waals surface area contributed by atoms with E-state index in [-0.39, 0.29) is 30.3 Å². The van der Waals surface area contributed by atoms with Gasteiger partial charge in [0.2, 0.25) is 5.91 Å². The predicted octanol–water partition coefficient (Wildman–Crippen LogP) is 5.59. The van der Waals surface area contributed by atoms with Crippen molar-refractivity contribution in [2.24, 2.45) is 5.10 Å². The molecule has 0 radical (unpaired) electrons. The van der Waals surface area contributed by atoms with Gasteiger partial charge in [-0.25, -0.2) is 9.99 Å². The second kappa shape index (κ2) is 9.89. The van der Waals surface area contributed by atoms with Gasteiger partial charge >= 0.3 is 5.97 Å². The number of halogens is 2. The maximum absolute atomic E-state index is 13.0. The van der Waals surface area contributed by atoms with Crippen molar-refractivity contribution >= 4 is 56.0 Å². The highest BCUT2D eigenvalue weighted by Gasteiger charge is 2.34. The highest BCUT2D eigenvalue weighted by atomic mass is 79.9. The Hall–Kier alpha value is -2.97. The minimum atomic E-state index is -0.933. The lowest BCUT2D eigenvalue weighted by atomic mass is 9.98. The molecule has 1 aliphatic heterocycles. The molecule has 7 nitrogen and oxygen atoms in total. The van der Waals surface area contributed by atoms with Crippen molar-refractivity contribution in [3.63, 3.8) is 0 Å². The summed E-state index contributed by atoms with van der Waals surface area (Å²) in [5.41, 5.74) is 3.04. The fraction of sp³-hybridized carbons (Fsp3) is 0.250. The first kappa shape index (κ1) is 23.2. The second-order valence-corrected chi connectivity index (χ2v) is 8.96. The number of carboxylic acid groups (broad SMARTS) is 1. The van der Waals surface area contributed by atoms with Gasteiger partial charge in [-0.2, -0.15) is 5.10 Å². The van der Waals surface area contributed by atoms with Crippen LogP contribution in [0.5, 0.6) is 5.75 Å². The lowest BCUT2D eigenvalue weighted by Crippen LogP contribution is -2.27. The molecule has 0 bridgehead atoms. The Bertz CT molecular complexity index is 1250. The molecule has 2 heterocycles. The molecule has 9 heteroatoms. The number of nitrogens with zero attached hydrogens (tertiary/aromatic N) is 3. The summed E-state index contributed by atoms with van der Waals surface area (Å²) < 4.78 is 6.21. The third-order valence-electron chi connectivity index (χ3n) is 5.49. The van der Waals surface area contributed by atoms with Crippen LogP contribution in [0.25, 0.3) is 10.9 Å². The summed E-state index contributed by atoms with van der Waals surface area (Å²) in [5.74, 6) is -0.507. The number of aromatic nitrogens is 1. The summed E-state index contributed by atoms with van der Waals surface area (Å²) in [6, 6.07) is 14.7. The summed E-state index contributed by atoms with van der Waals surface area (Å²) in [6.45, 7) is 0. The highest BCUT2D eigenvalue weighted by molar-refractivity contribution is 9.10. The van der Waals surface area contributed by atoms with E-state index in [2.05, 4.69) is 26.0 Å². The average molecular weight is 531 g/mol. The molecule has 1 N–H and O–H groups in total. The van der Waals surface area contributed by atoms with E-state index in [0.717, 1.165) is 21.1 Å². The van der Waals surface area contributed by atoms with Crippen molar-refractivity contribution in [1.29, 1.82) is 0 Å². The molecule has 1 atom stereocenters. The number of carboxylic acids is 1. The SMILES string of the molecule is COc1ccc2cc(C3CC(c4ccc(Br)cc4)=NN3C(=O)CCCC(=O)O)c(Cl)nc2c1. The number of benzene rings is 2. The minimum Gasteiger partial charge on any atom is -0.497 e. The van der Waals surface area contributed by atoms with E-state index in [1.165, 1.54) is 5.01 Å². The van der Waals surface area contributed by atoms with E-state index in [4.69, 9.17) is 21.4 Å². The zero-order valence-electron chi connectivity index (χ0n) is 17.8. The van der Waals surface area contributed by atoms with Gasteiger partial charge in [0.25, 0.3) is 0 Å². The number of methoxy groups -OCH3 is 1. The van der Waals surface area contributed by atoms with Crippen LogP contribution in [0.3, 0.4) is 0 Å². The molecule has 1 aliphatic rings. The zero-order chi connectivity index (χ0) is 23.5. The van der Waals surface area contributed by atoms with Crippen molar-refractivity contribution < 1.29 is 19.4 Å². The van der Waals surface area contributed by atoms with Gasteiger partial charge in [0.1, 0.15) is 10.9 Å². The summed E-state index contributed by atoms with van der Waals surface area (Å²) in [6.07, 6.45) is 0.711. The fourth-order valence-electron chi connectivity index (χ4n) is 3.81. The maximum Gasteiger partial charge on any atom is 0.303 e. The van der Waals surface area contributed by atoms with Gasteiger partial charge in [0.15, 0.2) is 0 Å². The van der Waals surface area contributed by atoms with Crippen LogP contribution >= 0.6 is 27.5 Å². The molecule has 0 saturated carbocycles. The molecule has 0 fully saturated rings. The highest BCUT2D eigenvalue weighted by Crippen LogP contribution is 2.38. The first-order chi connectivity index (χ1) is 15.9. The second-order valence-electron chi connectivity index (χ2n) is 7.69. The largest absolute Gasteiger partial charge is 0.497 e. The summed E-state index contributed by atoms with van der Waals surface area (Å²) in [5, 5.41) is 16.1. The molecule has 2 aromatic carbocycles. The van der Waals surface area contributed by atoms with Crippen LogP contribution in [0.15, 0.2) is 58.1 Å². The van der Waals surface area contributed by atoms with Gasteiger partial charge in [-0.05, 0) is 42.3 Å². The van der Waals surface area contributed by atoms with E-state index in [9.17, 15) is 9.59 Å². The fourth-order valence-corrected chi connectivity index (χ4v) is 4.34. The smallest absolute Gasteiger partial charge is 0.303 e. The van der Waals surface area contributed by atoms with Crippen molar-refractivity contribution in [2.45, 2.75) is 31.7 Å². The van der Waals surface area contributed by atoms with Gasteiger partial charge < -0.3 is 9.84 Å². The van der Waals surface area contributed by atoms with Gasteiger partial charge in [0, 0.05) is 40.8 Å². The molecular weight excluding hydrogens is 510 g/mol. The number of hydrazone groups is 1. The normalized spacial score (nSPS) is 15.5. The van der Waals surface area contributed by atoms with Crippen LogP contribution in [-0.2, 0) is 9.59 Å². The molecule has 1 aromatic heterocycles. The molecule has 3 aromatic rings. The van der Waals surface area contributed by atoms with Gasteiger partial charge in [-0.15, -0.1) is 0 Å². The van der Waals surface area contributed by atoms with Crippen molar-refractivity contribution in [3.8, 4) is 5.75 Å². The maximum atomic E-state index is 13.0. The third kappa shape index (κ3) is 5.17. The van der Waals surface area contributed by atoms with Crippen LogP contribution < -0.4 is 4.74 Å². The standard InChI is InChI=1S/C24H21BrClN3O4/c1-33-17-10-7-15-11-18(24(26)27-19(15)12-17)21-13-20(14-5-8-16(25)9-6-14)28-29(21)22(30)3-2-4-23(31)32/h5-12,21H,2-4,13H2,1H3,(H,31,32). The van der Waals surface area contributed by atoms with E-state index in [1.54, 1.807) is 13.2 Å². The monoisotopic (exact) mass is 529 g/mol. The van der Waals surface area contributed by atoms with Crippen molar-refractivity contribution in [1.82, 2.24) is 9.99 Å². The number of rotatable bonds is 7. The van der Waals surface area contributed by atoms with Crippen LogP contribution in [0.1, 0.15) is 42.9 Å². The Morgan fingerprint density at radius 3 is 2.64 bits per heavy atom. The summed E-state index contributed by atoms with van der Waals surface area (Å²) in [4.78, 5) is 28.4. The van der Waals surface area contributed by atoms with Crippen LogP contribution in [0.4, 0.5) is 0 Å².